The average Bonchev–Trinajstić information content (AvgIpc) is 3.40. The van der Waals surface area contributed by atoms with Crippen LogP contribution in [0.25, 0.3) is 0 Å². The Kier molecular flexibility index (Phi) is 12.3. The van der Waals surface area contributed by atoms with Crippen molar-refractivity contribution in [3.05, 3.63) is 35.9 Å². The number of hydrogen-bond donors (Lipinski definition) is 4. The Hall–Kier alpha value is -3.51. The summed E-state index contributed by atoms with van der Waals surface area (Å²) in [6.07, 6.45) is -0.631. The van der Waals surface area contributed by atoms with Crippen LogP contribution in [-0.4, -0.2) is 95.2 Å². The highest BCUT2D eigenvalue weighted by molar-refractivity contribution is 6.28. The predicted octanol–water partition coefficient (Wildman–Crippen LogP) is 0.0119. The Morgan fingerprint density at radius 3 is 2.31 bits per heavy atom. The number of amides is 4. The standard InChI is InChI=1S/C26H35ClN4O8/c1-15(28-22(33)13-21(39-3)26(37)38)23(34)29-16(2)25(36)31-11-7-10-19(31)24(35)30-18(20(32)14-27)12-17-8-5-4-6-9-17/h4-6,8-9,15-16,18-19,21H,7,10-14H2,1-3H3,(H,28,33)(H,29,34)(H,30,35)(H,37,38)/t15-,16-,18-,19-,21?/m0/s1. The molecule has 0 aromatic heterocycles. The van der Waals surface area contributed by atoms with Crippen molar-refractivity contribution in [1.29, 1.82) is 0 Å². The minimum Gasteiger partial charge on any atom is -0.479 e. The second kappa shape index (κ2) is 15.2. The maximum Gasteiger partial charge on any atom is 0.333 e. The number of ether oxygens (including phenoxy) is 1. The van der Waals surface area contributed by atoms with E-state index in [4.69, 9.17) is 21.4 Å². The van der Waals surface area contributed by atoms with E-state index in [0.29, 0.717) is 19.4 Å². The number of carbonyl (C=O) groups is 6. The van der Waals surface area contributed by atoms with Crippen LogP contribution < -0.4 is 16.0 Å². The molecule has 0 saturated carbocycles. The van der Waals surface area contributed by atoms with Gasteiger partial charge in [-0.25, -0.2) is 4.79 Å². The Morgan fingerprint density at radius 2 is 1.72 bits per heavy atom. The second-order valence-electron chi connectivity index (χ2n) is 9.33. The third-order valence-electron chi connectivity index (χ3n) is 6.39. The van der Waals surface area contributed by atoms with Crippen LogP contribution in [0.15, 0.2) is 30.3 Å². The van der Waals surface area contributed by atoms with Crippen LogP contribution >= 0.6 is 11.6 Å². The molecular formula is C26H35ClN4O8. The van der Waals surface area contributed by atoms with Gasteiger partial charge in [-0.1, -0.05) is 30.3 Å². The van der Waals surface area contributed by atoms with E-state index in [9.17, 15) is 28.8 Å². The summed E-state index contributed by atoms with van der Waals surface area (Å²) in [6.45, 7) is 3.15. The smallest absolute Gasteiger partial charge is 0.333 e. The van der Waals surface area contributed by atoms with Crippen molar-refractivity contribution in [3.8, 4) is 0 Å². The summed E-state index contributed by atoms with van der Waals surface area (Å²) in [5, 5.41) is 16.6. The molecule has 13 heteroatoms. The van der Waals surface area contributed by atoms with Gasteiger partial charge in [0.15, 0.2) is 11.9 Å². The van der Waals surface area contributed by atoms with Crippen LogP contribution in [0.2, 0.25) is 0 Å². The number of ketones is 1. The molecule has 4 N–H and O–H groups in total. The first kappa shape index (κ1) is 31.7. The van der Waals surface area contributed by atoms with Crippen molar-refractivity contribution in [1.82, 2.24) is 20.9 Å². The first-order chi connectivity index (χ1) is 18.5. The number of aliphatic carboxylic acids is 1. The molecule has 0 radical (unpaired) electrons. The summed E-state index contributed by atoms with van der Waals surface area (Å²) in [5.41, 5.74) is 0.846. The fourth-order valence-corrected chi connectivity index (χ4v) is 4.40. The topological polar surface area (TPSA) is 171 Å². The van der Waals surface area contributed by atoms with Crippen molar-refractivity contribution in [2.45, 2.75) is 69.8 Å². The van der Waals surface area contributed by atoms with E-state index in [2.05, 4.69) is 16.0 Å². The van der Waals surface area contributed by atoms with E-state index in [1.807, 2.05) is 30.3 Å². The normalized spacial score (nSPS) is 17.8. The number of nitrogens with one attached hydrogen (secondary N) is 3. The molecule has 1 aromatic rings. The number of hydrogen-bond acceptors (Lipinski definition) is 7. The van der Waals surface area contributed by atoms with E-state index in [-0.39, 0.29) is 18.1 Å². The zero-order valence-electron chi connectivity index (χ0n) is 22.1. The Balaban J connectivity index is 1.97. The second-order valence-corrected chi connectivity index (χ2v) is 9.59. The van der Waals surface area contributed by atoms with Crippen LogP contribution in [0.3, 0.4) is 0 Å². The fourth-order valence-electron chi connectivity index (χ4n) is 4.21. The third-order valence-corrected chi connectivity index (χ3v) is 6.65. The van der Waals surface area contributed by atoms with Gasteiger partial charge in [0.25, 0.3) is 0 Å². The molecule has 4 amide bonds. The van der Waals surface area contributed by atoms with Gasteiger partial charge in [0.05, 0.1) is 18.3 Å². The van der Waals surface area contributed by atoms with Gasteiger partial charge in [-0.15, -0.1) is 11.6 Å². The van der Waals surface area contributed by atoms with Gasteiger partial charge >= 0.3 is 5.97 Å². The molecule has 0 bridgehead atoms. The van der Waals surface area contributed by atoms with Crippen LogP contribution in [0, 0.1) is 0 Å². The van der Waals surface area contributed by atoms with Crippen molar-refractivity contribution in [3.63, 3.8) is 0 Å². The Labute approximate surface area is 231 Å². The highest BCUT2D eigenvalue weighted by atomic mass is 35.5. The van der Waals surface area contributed by atoms with Crippen molar-refractivity contribution in [2.24, 2.45) is 0 Å². The van der Waals surface area contributed by atoms with Gasteiger partial charge in [0.1, 0.15) is 18.1 Å². The average molecular weight is 567 g/mol. The van der Waals surface area contributed by atoms with Crippen LogP contribution in [0.5, 0.6) is 0 Å². The molecule has 1 aromatic carbocycles. The number of likely N-dealkylation sites (tertiary alicyclic amines) is 1. The molecular weight excluding hydrogens is 532 g/mol. The minimum absolute atomic E-state index is 0.256. The van der Waals surface area contributed by atoms with Crippen molar-refractivity contribution >= 4 is 47.0 Å². The Bertz CT molecular complexity index is 1050. The van der Waals surface area contributed by atoms with Crippen molar-refractivity contribution < 1.29 is 38.6 Å². The number of Topliss-reactive ketones (excluding diaryl/α,β-unsaturated/α-hetero) is 1. The first-order valence-electron chi connectivity index (χ1n) is 12.6. The molecule has 2 rings (SSSR count). The lowest BCUT2D eigenvalue weighted by Crippen LogP contribution is -2.56. The van der Waals surface area contributed by atoms with Gasteiger partial charge in [0.2, 0.25) is 23.6 Å². The highest BCUT2D eigenvalue weighted by Gasteiger charge is 2.38. The number of halogens is 1. The summed E-state index contributed by atoms with van der Waals surface area (Å²) >= 11 is 5.76. The molecule has 1 heterocycles. The summed E-state index contributed by atoms with van der Waals surface area (Å²) in [4.78, 5) is 75.7. The molecule has 39 heavy (non-hydrogen) atoms. The maximum absolute atomic E-state index is 13.1. The first-order valence-corrected chi connectivity index (χ1v) is 13.1. The number of carboxylic acids is 1. The van der Waals surface area contributed by atoms with E-state index in [1.165, 1.54) is 18.7 Å². The lowest BCUT2D eigenvalue weighted by atomic mass is 10.0. The molecule has 0 aliphatic carbocycles. The molecule has 1 aliphatic rings. The molecule has 12 nitrogen and oxygen atoms in total. The summed E-state index contributed by atoms with van der Waals surface area (Å²) in [7, 11) is 1.15. The van der Waals surface area contributed by atoms with Gasteiger partial charge in [0, 0.05) is 13.7 Å². The number of methoxy groups -OCH3 is 1. The number of alkyl halides is 1. The SMILES string of the molecule is COC(CC(=O)N[C@@H](C)C(=O)N[C@@H](C)C(=O)N1CCC[C@H]1C(=O)N[C@@H](Cc1ccccc1)C(=O)CCl)C(=O)O. The summed E-state index contributed by atoms with van der Waals surface area (Å²) in [6, 6.07) is 5.42. The zero-order chi connectivity index (χ0) is 29.1. The summed E-state index contributed by atoms with van der Waals surface area (Å²) < 4.78 is 4.71. The van der Waals surface area contributed by atoms with Gasteiger partial charge in [-0.05, 0) is 38.7 Å². The molecule has 214 valence electrons. The van der Waals surface area contributed by atoms with Crippen LogP contribution in [0.1, 0.15) is 38.7 Å². The lowest BCUT2D eigenvalue weighted by Gasteiger charge is -2.29. The summed E-state index contributed by atoms with van der Waals surface area (Å²) in [5.74, 6) is -4.28. The molecule has 1 unspecified atom stereocenters. The lowest BCUT2D eigenvalue weighted by molar-refractivity contribution is -0.151. The molecule has 1 aliphatic heterocycles. The highest BCUT2D eigenvalue weighted by Crippen LogP contribution is 2.19. The Morgan fingerprint density at radius 1 is 1.05 bits per heavy atom. The quantitative estimate of drug-likeness (QED) is 0.228. The van der Waals surface area contributed by atoms with E-state index in [0.717, 1.165) is 12.7 Å². The number of carboxylic acid groups (broad SMARTS) is 1. The van der Waals surface area contributed by atoms with E-state index < -0.39 is 66.3 Å². The van der Waals surface area contributed by atoms with Crippen LogP contribution in [0.4, 0.5) is 0 Å². The fraction of sp³-hybridized carbons (Fsp3) is 0.538. The van der Waals surface area contributed by atoms with Gasteiger partial charge in [-0.2, -0.15) is 0 Å². The molecule has 0 spiro atoms. The van der Waals surface area contributed by atoms with Crippen LogP contribution in [-0.2, 0) is 39.9 Å². The number of rotatable bonds is 14. The van der Waals surface area contributed by atoms with E-state index >= 15 is 0 Å². The number of carbonyl (C=O) groups excluding carboxylic acids is 5. The van der Waals surface area contributed by atoms with Crippen molar-refractivity contribution in [2.75, 3.05) is 19.5 Å². The maximum atomic E-state index is 13.1. The zero-order valence-corrected chi connectivity index (χ0v) is 22.9. The predicted molar refractivity (Wildman–Crippen MR) is 141 cm³/mol. The van der Waals surface area contributed by atoms with Gasteiger partial charge in [-0.3, -0.25) is 24.0 Å². The number of benzene rings is 1. The van der Waals surface area contributed by atoms with E-state index in [1.54, 1.807) is 0 Å². The molecule has 1 fully saturated rings. The minimum atomic E-state index is -1.36. The third kappa shape index (κ3) is 9.32. The molecule has 5 atom stereocenters. The van der Waals surface area contributed by atoms with Gasteiger partial charge < -0.3 is 30.7 Å². The number of nitrogens with zero attached hydrogens (tertiary/aromatic N) is 1. The monoisotopic (exact) mass is 566 g/mol. The molecule has 1 saturated heterocycles. The largest absolute Gasteiger partial charge is 0.479 e.